The number of rotatable bonds is 6. The Balaban J connectivity index is 1.51. The van der Waals surface area contributed by atoms with E-state index in [1.165, 1.54) is 12.1 Å². The lowest BCUT2D eigenvalue weighted by Gasteiger charge is -2.04. The zero-order valence-corrected chi connectivity index (χ0v) is 14.5. The molecule has 0 saturated carbocycles. The molecule has 8 heteroatoms. The van der Waals surface area contributed by atoms with Gasteiger partial charge in [-0.05, 0) is 29.8 Å². The standard InChI is InChI=1S/C17H13ClFN3O2S/c18-14-4-2-1-3-13(14)16-21-22-17(24-16)25-10-15(23)20-9-11-5-7-12(19)8-6-11/h1-8H,9-10H2,(H,20,23). The molecule has 128 valence electrons. The van der Waals surface area contributed by atoms with Crippen LogP contribution in [0, 0.1) is 5.82 Å². The van der Waals surface area contributed by atoms with Crippen LogP contribution in [0.15, 0.2) is 58.2 Å². The molecule has 0 bridgehead atoms. The van der Waals surface area contributed by atoms with Gasteiger partial charge in [-0.1, -0.05) is 47.6 Å². The summed E-state index contributed by atoms with van der Waals surface area (Å²) in [5.41, 5.74) is 1.46. The number of benzene rings is 2. The van der Waals surface area contributed by atoms with Crippen LogP contribution in [0.2, 0.25) is 5.02 Å². The molecule has 0 aliphatic rings. The van der Waals surface area contributed by atoms with Crippen LogP contribution in [-0.2, 0) is 11.3 Å². The van der Waals surface area contributed by atoms with Gasteiger partial charge in [0, 0.05) is 6.54 Å². The highest BCUT2D eigenvalue weighted by Gasteiger charge is 2.13. The molecule has 25 heavy (non-hydrogen) atoms. The topological polar surface area (TPSA) is 68.0 Å². The molecule has 1 aromatic heterocycles. The molecule has 0 fully saturated rings. The van der Waals surface area contributed by atoms with E-state index in [0.717, 1.165) is 17.3 Å². The monoisotopic (exact) mass is 377 g/mol. The fourth-order valence-corrected chi connectivity index (χ4v) is 2.80. The zero-order chi connectivity index (χ0) is 17.6. The van der Waals surface area contributed by atoms with Gasteiger partial charge in [0.15, 0.2) is 0 Å². The van der Waals surface area contributed by atoms with E-state index in [1.54, 1.807) is 24.3 Å². The van der Waals surface area contributed by atoms with Crippen molar-refractivity contribution >= 4 is 29.3 Å². The van der Waals surface area contributed by atoms with Gasteiger partial charge in [-0.2, -0.15) is 0 Å². The van der Waals surface area contributed by atoms with Crippen LogP contribution in [0.4, 0.5) is 4.39 Å². The summed E-state index contributed by atoms with van der Waals surface area (Å²) in [6, 6.07) is 13.1. The van der Waals surface area contributed by atoms with E-state index >= 15 is 0 Å². The summed E-state index contributed by atoms with van der Waals surface area (Å²) in [5.74, 6) is -0.0614. The van der Waals surface area contributed by atoms with E-state index < -0.39 is 0 Å². The third-order valence-electron chi connectivity index (χ3n) is 3.24. The van der Waals surface area contributed by atoms with E-state index in [2.05, 4.69) is 15.5 Å². The Labute approximate surface area is 152 Å². The van der Waals surface area contributed by atoms with E-state index in [1.807, 2.05) is 12.1 Å². The normalized spacial score (nSPS) is 10.6. The number of halogens is 2. The molecule has 1 N–H and O–H groups in total. The van der Waals surface area contributed by atoms with Crippen molar-refractivity contribution in [3.63, 3.8) is 0 Å². The van der Waals surface area contributed by atoms with Gasteiger partial charge in [-0.15, -0.1) is 10.2 Å². The van der Waals surface area contributed by atoms with Crippen molar-refractivity contribution in [1.82, 2.24) is 15.5 Å². The van der Waals surface area contributed by atoms with Crippen molar-refractivity contribution in [3.05, 3.63) is 64.9 Å². The first-order valence-corrected chi connectivity index (χ1v) is 8.70. The van der Waals surface area contributed by atoms with Gasteiger partial charge in [0.25, 0.3) is 5.22 Å². The van der Waals surface area contributed by atoms with Gasteiger partial charge in [0.05, 0.1) is 16.3 Å². The lowest BCUT2D eigenvalue weighted by atomic mass is 10.2. The van der Waals surface area contributed by atoms with Gasteiger partial charge < -0.3 is 9.73 Å². The Morgan fingerprint density at radius 2 is 1.92 bits per heavy atom. The Bertz CT molecular complexity index is 870. The summed E-state index contributed by atoms with van der Waals surface area (Å²) < 4.78 is 18.3. The molecular formula is C17H13ClFN3O2S. The highest BCUT2D eigenvalue weighted by molar-refractivity contribution is 7.99. The van der Waals surface area contributed by atoms with Crippen LogP contribution in [0.1, 0.15) is 5.56 Å². The molecule has 0 aliphatic carbocycles. The SMILES string of the molecule is O=C(CSc1nnc(-c2ccccc2Cl)o1)NCc1ccc(F)cc1. The smallest absolute Gasteiger partial charge is 0.277 e. The molecule has 3 aromatic rings. The molecular weight excluding hydrogens is 365 g/mol. The summed E-state index contributed by atoms with van der Waals surface area (Å²) in [6.07, 6.45) is 0. The van der Waals surface area contributed by atoms with Crippen LogP contribution in [0.5, 0.6) is 0 Å². The molecule has 0 radical (unpaired) electrons. The number of carbonyl (C=O) groups excluding carboxylic acids is 1. The van der Waals surface area contributed by atoms with E-state index in [9.17, 15) is 9.18 Å². The van der Waals surface area contributed by atoms with Crippen molar-refractivity contribution < 1.29 is 13.6 Å². The Morgan fingerprint density at radius 3 is 2.68 bits per heavy atom. The van der Waals surface area contributed by atoms with Crippen LogP contribution in [0.3, 0.4) is 0 Å². The number of thioether (sulfide) groups is 1. The molecule has 0 aliphatic heterocycles. The third kappa shape index (κ3) is 4.80. The maximum absolute atomic E-state index is 12.8. The van der Waals surface area contributed by atoms with Crippen molar-refractivity contribution in [2.45, 2.75) is 11.8 Å². The predicted octanol–water partition coefficient (Wildman–Crippen LogP) is 3.94. The molecule has 0 saturated heterocycles. The minimum absolute atomic E-state index is 0.130. The fourth-order valence-electron chi connectivity index (χ4n) is 1.99. The van der Waals surface area contributed by atoms with Gasteiger partial charge >= 0.3 is 0 Å². The Hall–Kier alpha value is -2.38. The average Bonchev–Trinajstić information content (AvgIpc) is 3.08. The van der Waals surface area contributed by atoms with Crippen LogP contribution in [0.25, 0.3) is 11.5 Å². The minimum Gasteiger partial charge on any atom is -0.411 e. The second-order valence-electron chi connectivity index (χ2n) is 5.04. The largest absolute Gasteiger partial charge is 0.411 e. The minimum atomic E-state index is -0.309. The highest BCUT2D eigenvalue weighted by Crippen LogP contribution is 2.28. The highest BCUT2D eigenvalue weighted by atomic mass is 35.5. The first kappa shape index (κ1) is 17.4. The zero-order valence-electron chi connectivity index (χ0n) is 12.9. The number of aromatic nitrogens is 2. The van der Waals surface area contributed by atoms with Gasteiger partial charge in [-0.3, -0.25) is 4.79 Å². The van der Waals surface area contributed by atoms with Crippen molar-refractivity contribution in [2.75, 3.05) is 5.75 Å². The summed E-state index contributed by atoms with van der Waals surface area (Å²) >= 11 is 7.21. The molecule has 5 nitrogen and oxygen atoms in total. The average molecular weight is 378 g/mol. The number of carbonyl (C=O) groups is 1. The first-order chi connectivity index (χ1) is 12.1. The van der Waals surface area contributed by atoms with Crippen molar-refractivity contribution in [3.8, 4) is 11.5 Å². The molecule has 0 atom stereocenters. The maximum atomic E-state index is 12.8. The van der Waals surface area contributed by atoms with Crippen molar-refractivity contribution in [1.29, 1.82) is 0 Å². The molecule has 1 heterocycles. The Kier molecular flexibility index (Phi) is 5.67. The molecule has 1 amide bonds. The van der Waals surface area contributed by atoms with Crippen LogP contribution >= 0.6 is 23.4 Å². The Morgan fingerprint density at radius 1 is 1.16 bits per heavy atom. The van der Waals surface area contributed by atoms with Crippen LogP contribution < -0.4 is 5.32 Å². The van der Waals surface area contributed by atoms with E-state index in [0.29, 0.717) is 23.0 Å². The molecule has 3 rings (SSSR count). The van der Waals surface area contributed by atoms with Crippen LogP contribution in [-0.4, -0.2) is 21.9 Å². The summed E-state index contributed by atoms with van der Waals surface area (Å²) in [6.45, 7) is 0.328. The lowest BCUT2D eigenvalue weighted by molar-refractivity contribution is -0.118. The predicted molar refractivity (Wildman–Crippen MR) is 93.7 cm³/mol. The number of nitrogens with one attached hydrogen (secondary N) is 1. The summed E-state index contributed by atoms with van der Waals surface area (Å²) in [5, 5.41) is 11.4. The second-order valence-corrected chi connectivity index (χ2v) is 6.38. The maximum Gasteiger partial charge on any atom is 0.277 e. The first-order valence-electron chi connectivity index (χ1n) is 7.34. The van der Waals surface area contributed by atoms with Gasteiger partial charge in [0.2, 0.25) is 11.8 Å². The third-order valence-corrected chi connectivity index (χ3v) is 4.39. The summed E-state index contributed by atoms with van der Waals surface area (Å²) in [4.78, 5) is 11.9. The fraction of sp³-hybridized carbons (Fsp3) is 0.118. The molecule has 0 unspecified atom stereocenters. The molecule has 0 spiro atoms. The van der Waals surface area contributed by atoms with E-state index in [4.69, 9.17) is 16.0 Å². The lowest BCUT2D eigenvalue weighted by Crippen LogP contribution is -2.24. The number of hydrogen-bond acceptors (Lipinski definition) is 5. The number of hydrogen-bond donors (Lipinski definition) is 1. The number of amides is 1. The van der Waals surface area contributed by atoms with Gasteiger partial charge in [0.1, 0.15) is 5.82 Å². The second kappa shape index (κ2) is 8.13. The summed E-state index contributed by atoms with van der Waals surface area (Å²) in [7, 11) is 0. The van der Waals surface area contributed by atoms with Crippen molar-refractivity contribution in [2.24, 2.45) is 0 Å². The molecule has 2 aromatic carbocycles. The van der Waals surface area contributed by atoms with E-state index in [-0.39, 0.29) is 22.7 Å². The number of nitrogens with zero attached hydrogens (tertiary/aromatic N) is 2. The quantitative estimate of drug-likeness (QED) is 0.659. The van der Waals surface area contributed by atoms with Gasteiger partial charge in [-0.25, -0.2) is 4.39 Å².